The Labute approximate surface area is 136 Å². The zero-order chi connectivity index (χ0) is 15.8. The van der Waals surface area contributed by atoms with Crippen LogP contribution in [0.2, 0.25) is 0 Å². The van der Waals surface area contributed by atoms with Crippen molar-refractivity contribution in [3.8, 4) is 0 Å². The first-order valence-corrected chi connectivity index (χ1v) is 8.51. The Morgan fingerprint density at radius 1 is 1.30 bits per heavy atom. The summed E-state index contributed by atoms with van der Waals surface area (Å²) in [5.74, 6) is 2.72. The summed E-state index contributed by atoms with van der Waals surface area (Å²) in [6, 6.07) is 0.276. The van der Waals surface area contributed by atoms with E-state index in [0.29, 0.717) is 13.1 Å². The van der Waals surface area contributed by atoms with Crippen LogP contribution in [-0.2, 0) is 11.3 Å². The number of aromatic nitrogens is 2. The lowest BCUT2D eigenvalue weighted by molar-refractivity contribution is -0.132. The minimum absolute atomic E-state index is 0.173. The summed E-state index contributed by atoms with van der Waals surface area (Å²) in [6.07, 6.45) is 5.22. The van der Waals surface area contributed by atoms with Crippen LogP contribution in [0.25, 0.3) is 0 Å². The second-order valence-corrected chi connectivity index (χ2v) is 6.87. The summed E-state index contributed by atoms with van der Waals surface area (Å²) in [5.41, 5.74) is 1.05. The van der Waals surface area contributed by atoms with E-state index in [2.05, 4.69) is 20.6 Å². The molecule has 124 valence electrons. The lowest BCUT2D eigenvalue weighted by Crippen LogP contribution is -2.43. The Hall–Kier alpha value is -1.89. The van der Waals surface area contributed by atoms with Crippen molar-refractivity contribution in [3.05, 3.63) is 11.9 Å². The Morgan fingerprint density at radius 2 is 2.17 bits per heavy atom. The first-order valence-electron chi connectivity index (χ1n) is 8.51. The van der Waals surface area contributed by atoms with Gasteiger partial charge < -0.3 is 20.4 Å². The van der Waals surface area contributed by atoms with Crippen molar-refractivity contribution in [2.45, 2.75) is 31.8 Å². The van der Waals surface area contributed by atoms with Crippen LogP contribution in [0.15, 0.2) is 6.33 Å². The van der Waals surface area contributed by atoms with Crippen molar-refractivity contribution in [3.63, 3.8) is 0 Å². The van der Waals surface area contributed by atoms with E-state index in [4.69, 9.17) is 0 Å². The van der Waals surface area contributed by atoms with E-state index >= 15 is 0 Å². The predicted molar refractivity (Wildman–Crippen MR) is 88.3 cm³/mol. The number of anilines is 2. The lowest BCUT2D eigenvalue weighted by atomic mass is 10.1. The topological polar surface area (TPSA) is 73.4 Å². The van der Waals surface area contributed by atoms with Crippen molar-refractivity contribution in [2.75, 3.05) is 43.4 Å². The van der Waals surface area contributed by atoms with E-state index in [1.165, 1.54) is 12.8 Å². The molecular formula is C16H24N6O. The Balaban J connectivity index is 1.63. The molecule has 0 spiro atoms. The maximum absolute atomic E-state index is 12.7. The third-order valence-corrected chi connectivity index (χ3v) is 5.04. The quantitative estimate of drug-likeness (QED) is 0.840. The van der Waals surface area contributed by atoms with Gasteiger partial charge in [-0.3, -0.25) is 4.79 Å². The number of fused-ring (bicyclic) bond motifs is 1. The number of amides is 1. The smallest absolute Gasteiger partial charge is 0.242 e. The monoisotopic (exact) mass is 316 g/mol. The molecule has 2 fully saturated rings. The molecule has 0 bridgehead atoms. The molecule has 1 aliphatic carbocycles. The van der Waals surface area contributed by atoms with Crippen LogP contribution in [0.3, 0.4) is 0 Å². The van der Waals surface area contributed by atoms with E-state index in [-0.39, 0.29) is 11.9 Å². The van der Waals surface area contributed by atoms with Gasteiger partial charge in [-0.15, -0.1) is 0 Å². The van der Waals surface area contributed by atoms with Crippen LogP contribution in [-0.4, -0.2) is 60.0 Å². The average Bonchev–Trinajstić information content (AvgIpc) is 3.25. The molecule has 1 saturated heterocycles. The second kappa shape index (κ2) is 5.96. The molecule has 4 rings (SSSR count). The van der Waals surface area contributed by atoms with Crippen LogP contribution >= 0.6 is 0 Å². The third-order valence-electron chi connectivity index (χ3n) is 5.04. The minimum atomic E-state index is 0.173. The predicted octanol–water partition coefficient (Wildman–Crippen LogP) is 0.439. The summed E-state index contributed by atoms with van der Waals surface area (Å²) in [7, 11) is 1.94. The Bertz CT molecular complexity index is 596. The molecule has 1 unspecified atom stereocenters. The maximum Gasteiger partial charge on any atom is 0.242 e. The largest absolute Gasteiger partial charge is 0.369 e. The van der Waals surface area contributed by atoms with Gasteiger partial charge in [0.15, 0.2) is 0 Å². The number of carbonyl (C=O) groups is 1. The molecule has 7 heteroatoms. The van der Waals surface area contributed by atoms with Gasteiger partial charge in [0.25, 0.3) is 0 Å². The molecule has 23 heavy (non-hydrogen) atoms. The van der Waals surface area contributed by atoms with Gasteiger partial charge in [-0.1, -0.05) is 0 Å². The molecule has 1 atom stereocenters. The van der Waals surface area contributed by atoms with Gasteiger partial charge >= 0.3 is 0 Å². The van der Waals surface area contributed by atoms with E-state index in [0.717, 1.165) is 49.2 Å². The number of hydrogen-bond donors (Lipinski definition) is 2. The summed E-state index contributed by atoms with van der Waals surface area (Å²) in [5, 5.41) is 6.83. The standard InChI is InChI=1S/C16H24N6O/c1-21-9-14(23)22(12-4-5-17-7-12)8-13-15(18-6-11-2-3-11)19-10-20-16(13)21/h10-12,17H,2-9H2,1H3,(H,18,19,20). The average molecular weight is 316 g/mol. The van der Waals surface area contributed by atoms with Crippen molar-refractivity contribution in [2.24, 2.45) is 5.92 Å². The van der Waals surface area contributed by atoms with Crippen LogP contribution in [0.4, 0.5) is 11.6 Å². The molecule has 1 aromatic rings. The number of nitrogens with zero attached hydrogens (tertiary/aromatic N) is 4. The van der Waals surface area contributed by atoms with Crippen molar-refractivity contribution in [1.29, 1.82) is 0 Å². The van der Waals surface area contributed by atoms with Gasteiger partial charge in [-0.05, 0) is 31.7 Å². The number of nitrogens with one attached hydrogen (secondary N) is 2. The normalized spacial score (nSPS) is 24.6. The highest BCUT2D eigenvalue weighted by atomic mass is 16.2. The Kier molecular flexibility index (Phi) is 3.80. The van der Waals surface area contributed by atoms with E-state index in [1.807, 2.05) is 16.8 Å². The third kappa shape index (κ3) is 2.97. The van der Waals surface area contributed by atoms with Crippen molar-refractivity contribution in [1.82, 2.24) is 20.2 Å². The zero-order valence-electron chi connectivity index (χ0n) is 13.6. The van der Waals surface area contributed by atoms with Crippen LogP contribution < -0.4 is 15.5 Å². The first-order chi connectivity index (χ1) is 11.2. The van der Waals surface area contributed by atoms with Gasteiger partial charge in [0.05, 0.1) is 18.7 Å². The van der Waals surface area contributed by atoms with Crippen LogP contribution in [0, 0.1) is 5.92 Å². The summed E-state index contributed by atoms with van der Waals surface area (Å²) >= 11 is 0. The van der Waals surface area contributed by atoms with Crippen molar-refractivity contribution >= 4 is 17.5 Å². The molecule has 2 aliphatic heterocycles. The molecule has 7 nitrogen and oxygen atoms in total. The highest BCUT2D eigenvalue weighted by molar-refractivity contribution is 5.84. The number of carbonyl (C=O) groups excluding carboxylic acids is 1. The van der Waals surface area contributed by atoms with Gasteiger partial charge in [0.2, 0.25) is 5.91 Å². The fraction of sp³-hybridized carbons (Fsp3) is 0.688. The first kappa shape index (κ1) is 14.7. The fourth-order valence-corrected chi connectivity index (χ4v) is 3.46. The van der Waals surface area contributed by atoms with Crippen molar-refractivity contribution < 1.29 is 4.79 Å². The molecule has 1 amide bonds. The number of hydrogen-bond acceptors (Lipinski definition) is 6. The van der Waals surface area contributed by atoms with E-state index in [1.54, 1.807) is 6.33 Å². The van der Waals surface area contributed by atoms with E-state index in [9.17, 15) is 4.79 Å². The fourth-order valence-electron chi connectivity index (χ4n) is 3.46. The highest BCUT2D eigenvalue weighted by Gasteiger charge is 2.33. The molecule has 0 aromatic carbocycles. The second-order valence-electron chi connectivity index (χ2n) is 6.87. The molecule has 1 aromatic heterocycles. The van der Waals surface area contributed by atoms with Gasteiger partial charge in [0, 0.05) is 26.2 Å². The summed E-state index contributed by atoms with van der Waals surface area (Å²) < 4.78 is 0. The molecule has 1 saturated carbocycles. The Morgan fingerprint density at radius 3 is 2.91 bits per heavy atom. The van der Waals surface area contributed by atoms with Gasteiger partial charge in [-0.25, -0.2) is 9.97 Å². The summed E-state index contributed by atoms with van der Waals surface area (Å²) in [6.45, 7) is 3.80. The lowest BCUT2D eigenvalue weighted by Gasteiger charge is -2.27. The molecule has 0 radical (unpaired) electrons. The number of rotatable bonds is 4. The zero-order valence-corrected chi connectivity index (χ0v) is 13.6. The molecule has 3 aliphatic rings. The van der Waals surface area contributed by atoms with E-state index < -0.39 is 0 Å². The number of likely N-dealkylation sites (N-methyl/N-ethyl adjacent to an activating group) is 1. The van der Waals surface area contributed by atoms with Gasteiger partial charge in [-0.2, -0.15) is 0 Å². The summed E-state index contributed by atoms with van der Waals surface area (Å²) in [4.78, 5) is 25.5. The SMILES string of the molecule is CN1CC(=O)N(C2CCNC2)Cc2c(NCC3CC3)ncnc21. The molecule has 3 heterocycles. The van der Waals surface area contributed by atoms with Crippen LogP contribution in [0.5, 0.6) is 0 Å². The molecular weight excluding hydrogens is 292 g/mol. The highest BCUT2D eigenvalue weighted by Crippen LogP contribution is 2.32. The maximum atomic E-state index is 12.7. The van der Waals surface area contributed by atoms with Gasteiger partial charge in [0.1, 0.15) is 18.0 Å². The molecule has 2 N–H and O–H groups in total. The minimum Gasteiger partial charge on any atom is -0.369 e. The van der Waals surface area contributed by atoms with Crippen LogP contribution in [0.1, 0.15) is 24.8 Å².